The number of carbonyl (C=O) groups excluding carboxylic acids is 1. The third-order valence-corrected chi connectivity index (χ3v) is 5.98. The van der Waals surface area contributed by atoms with Crippen LogP contribution in [0.1, 0.15) is 22.6 Å². The number of hydrogen-bond donors (Lipinski definition) is 0. The Hall–Kier alpha value is -2.93. The molecule has 0 N–H and O–H groups in total. The number of aromatic nitrogens is 1. The third-order valence-electron chi connectivity index (χ3n) is 4.58. The molecule has 0 atom stereocenters. The number of sulfone groups is 1. The van der Waals surface area contributed by atoms with Crippen molar-refractivity contribution in [3.05, 3.63) is 77.2 Å². The molecule has 1 aromatic heterocycles. The maximum atomic E-state index is 12.6. The minimum absolute atomic E-state index is 0.331. The maximum absolute atomic E-state index is 12.6. The van der Waals surface area contributed by atoms with Crippen molar-refractivity contribution in [3.8, 4) is 11.5 Å². The van der Waals surface area contributed by atoms with E-state index in [4.69, 9.17) is 4.42 Å². The van der Waals surface area contributed by atoms with E-state index in [1.54, 1.807) is 14.0 Å². The molecule has 0 aliphatic heterocycles. The number of aryl methyl sites for hydroxylation is 2. The third kappa shape index (κ3) is 5.54. The number of hydrogen-bond acceptors (Lipinski definition) is 5. The van der Waals surface area contributed by atoms with Gasteiger partial charge < -0.3 is 9.32 Å². The number of oxazole rings is 1. The van der Waals surface area contributed by atoms with Gasteiger partial charge in [0.2, 0.25) is 11.8 Å². The van der Waals surface area contributed by atoms with Gasteiger partial charge in [-0.05, 0) is 31.5 Å². The van der Waals surface area contributed by atoms with Crippen LogP contribution in [-0.4, -0.2) is 37.0 Å². The van der Waals surface area contributed by atoms with Gasteiger partial charge in [-0.25, -0.2) is 13.4 Å². The van der Waals surface area contributed by atoms with Gasteiger partial charge in [0.05, 0.1) is 11.4 Å². The van der Waals surface area contributed by atoms with Gasteiger partial charge in [0.1, 0.15) is 11.5 Å². The van der Waals surface area contributed by atoms with E-state index in [1.165, 1.54) is 4.90 Å². The highest BCUT2D eigenvalue weighted by Gasteiger charge is 2.24. The van der Waals surface area contributed by atoms with Crippen LogP contribution in [0.25, 0.3) is 11.5 Å². The van der Waals surface area contributed by atoms with Crippen molar-refractivity contribution in [2.75, 3.05) is 12.8 Å². The normalized spacial score (nSPS) is 11.4. The average molecular weight is 413 g/mol. The Balaban J connectivity index is 1.66. The van der Waals surface area contributed by atoms with Crippen LogP contribution >= 0.6 is 0 Å². The summed E-state index contributed by atoms with van der Waals surface area (Å²) in [5.74, 6) is -0.541. The summed E-state index contributed by atoms with van der Waals surface area (Å²) >= 11 is 0. The van der Waals surface area contributed by atoms with Crippen LogP contribution < -0.4 is 0 Å². The van der Waals surface area contributed by atoms with Crippen LogP contribution in [0.4, 0.5) is 0 Å². The van der Waals surface area contributed by atoms with Crippen molar-refractivity contribution >= 4 is 15.7 Å². The van der Waals surface area contributed by atoms with E-state index in [0.717, 1.165) is 16.7 Å². The number of amides is 1. The largest absolute Gasteiger partial charge is 0.441 e. The van der Waals surface area contributed by atoms with Crippen molar-refractivity contribution in [1.29, 1.82) is 0 Å². The first-order valence-corrected chi connectivity index (χ1v) is 11.1. The Bertz CT molecular complexity index is 1090. The highest BCUT2D eigenvalue weighted by Crippen LogP contribution is 2.22. The number of benzene rings is 2. The van der Waals surface area contributed by atoms with Crippen molar-refractivity contribution in [2.45, 2.75) is 26.1 Å². The summed E-state index contributed by atoms with van der Waals surface area (Å²) in [5, 5.41) is 0. The molecule has 3 rings (SSSR count). The van der Waals surface area contributed by atoms with E-state index in [2.05, 4.69) is 4.98 Å². The molecule has 0 unspecified atom stereocenters. The summed E-state index contributed by atoms with van der Waals surface area (Å²) in [4.78, 5) is 18.2. The summed E-state index contributed by atoms with van der Waals surface area (Å²) in [5.41, 5.74) is 3.18. The molecule has 7 heteroatoms. The lowest BCUT2D eigenvalue weighted by molar-refractivity contribution is -0.127. The lowest BCUT2D eigenvalue weighted by atomic mass is 10.1. The number of rotatable bonds is 7. The van der Waals surface area contributed by atoms with E-state index >= 15 is 0 Å². The molecule has 29 heavy (non-hydrogen) atoms. The van der Waals surface area contributed by atoms with Gasteiger partial charge in [0, 0.05) is 19.2 Å². The SMILES string of the molecule is Cc1ccc(CN(C)C(=O)CS(=O)(=O)Cc2nc(-c3ccccc3)oc2C)cc1. The van der Waals surface area contributed by atoms with Gasteiger partial charge >= 0.3 is 0 Å². The summed E-state index contributed by atoms with van der Waals surface area (Å²) in [6.07, 6.45) is 0. The molecule has 0 spiro atoms. The number of carbonyl (C=O) groups is 1. The lowest BCUT2D eigenvalue weighted by Gasteiger charge is -2.17. The molecule has 0 saturated carbocycles. The fraction of sp³-hybridized carbons (Fsp3) is 0.273. The first-order valence-electron chi connectivity index (χ1n) is 9.25. The fourth-order valence-corrected chi connectivity index (χ4v) is 4.26. The standard InChI is InChI=1S/C22H24N2O4S/c1-16-9-11-18(12-10-16)13-24(3)21(25)15-29(26,27)14-20-17(2)28-22(23-20)19-7-5-4-6-8-19/h4-12H,13-15H2,1-3H3. The van der Waals surface area contributed by atoms with Gasteiger partial charge in [-0.15, -0.1) is 0 Å². The molecule has 0 fully saturated rings. The fourth-order valence-electron chi connectivity index (χ4n) is 2.88. The van der Waals surface area contributed by atoms with Gasteiger partial charge in [-0.2, -0.15) is 0 Å². The average Bonchev–Trinajstić information content (AvgIpc) is 3.03. The second-order valence-corrected chi connectivity index (χ2v) is 9.22. The molecule has 0 radical (unpaired) electrons. The molecule has 1 heterocycles. The molecule has 0 aliphatic carbocycles. The molecular formula is C22H24N2O4S. The first kappa shape index (κ1) is 20.8. The van der Waals surface area contributed by atoms with E-state index in [-0.39, 0.29) is 5.75 Å². The van der Waals surface area contributed by atoms with Crippen molar-refractivity contribution in [1.82, 2.24) is 9.88 Å². The summed E-state index contributed by atoms with van der Waals surface area (Å²) < 4.78 is 30.8. The topological polar surface area (TPSA) is 80.5 Å². The minimum Gasteiger partial charge on any atom is -0.441 e. The predicted octanol–water partition coefficient (Wildman–Crippen LogP) is 3.53. The van der Waals surface area contributed by atoms with Crippen LogP contribution in [0, 0.1) is 13.8 Å². The van der Waals surface area contributed by atoms with E-state index in [0.29, 0.717) is 23.9 Å². The molecule has 1 amide bonds. The molecule has 3 aromatic rings. The van der Waals surface area contributed by atoms with Crippen LogP contribution in [0.3, 0.4) is 0 Å². The highest BCUT2D eigenvalue weighted by molar-refractivity contribution is 7.91. The Morgan fingerprint density at radius 3 is 2.34 bits per heavy atom. The highest BCUT2D eigenvalue weighted by atomic mass is 32.2. The van der Waals surface area contributed by atoms with Crippen molar-refractivity contribution in [3.63, 3.8) is 0 Å². The minimum atomic E-state index is -3.68. The Labute approximate surface area is 171 Å². The zero-order valence-corrected chi connectivity index (χ0v) is 17.6. The van der Waals surface area contributed by atoms with E-state index < -0.39 is 21.5 Å². The number of nitrogens with zero attached hydrogens (tertiary/aromatic N) is 2. The van der Waals surface area contributed by atoms with E-state index in [9.17, 15) is 13.2 Å². The lowest BCUT2D eigenvalue weighted by Crippen LogP contribution is -2.32. The quantitative estimate of drug-likeness (QED) is 0.593. The van der Waals surface area contributed by atoms with Gasteiger partial charge in [-0.1, -0.05) is 48.0 Å². The molecule has 0 saturated heterocycles. The Morgan fingerprint density at radius 2 is 1.69 bits per heavy atom. The second kappa shape index (κ2) is 8.61. The van der Waals surface area contributed by atoms with Gasteiger partial charge in [0.25, 0.3) is 0 Å². The first-order chi connectivity index (χ1) is 13.7. The monoisotopic (exact) mass is 412 g/mol. The van der Waals surface area contributed by atoms with Crippen molar-refractivity contribution in [2.24, 2.45) is 0 Å². The molecule has 0 aliphatic rings. The van der Waals surface area contributed by atoms with Crippen LogP contribution in [0.5, 0.6) is 0 Å². The van der Waals surface area contributed by atoms with Crippen LogP contribution in [0.2, 0.25) is 0 Å². The van der Waals surface area contributed by atoms with Crippen molar-refractivity contribution < 1.29 is 17.6 Å². The Morgan fingerprint density at radius 1 is 1.03 bits per heavy atom. The summed E-state index contributed by atoms with van der Waals surface area (Å²) in [6.45, 7) is 4.02. The zero-order chi connectivity index (χ0) is 21.0. The van der Waals surface area contributed by atoms with Gasteiger partial charge in [-0.3, -0.25) is 4.79 Å². The zero-order valence-electron chi connectivity index (χ0n) is 16.8. The van der Waals surface area contributed by atoms with Crippen LogP contribution in [-0.2, 0) is 26.9 Å². The summed E-state index contributed by atoms with van der Waals surface area (Å²) in [6, 6.07) is 17.0. The molecule has 6 nitrogen and oxygen atoms in total. The summed E-state index contributed by atoms with van der Waals surface area (Å²) in [7, 11) is -2.08. The van der Waals surface area contributed by atoms with E-state index in [1.807, 2.05) is 61.5 Å². The predicted molar refractivity (Wildman–Crippen MR) is 112 cm³/mol. The van der Waals surface area contributed by atoms with Crippen LogP contribution in [0.15, 0.2) is 59.0 Å². The maximum Gasteiger partial charge on any atom is 0.237 e. The molecule has 0 bridgehead atoms. The Kier molecular flexibility index (Phi) is 6.17. The smallest absolute Gasteiger partial charge is 0.237 e. The molecular weight excluding hydrogens is 388 g/mol. The molecule has 2 aromatic carbocycles. The van der Waals surface area contributed by atoms with Gasteiger partial charge in [0.15, 0.2) is 9.84 Å². The molecule has 152 valence electrons. The second-order valence-electron chi connectivity index (χ2n) is 7.16.